The van der Waals surface area contributed by atoms with Crippen LogP contribution in [0.1, 0.15) is 11.1 Å². The lowest BCUT2D eigenvalue weighted by Crippen LogP contribution is -1.98. The van der Waals surface area contributed by atoms with Gasteiger partial charge in [0.1, 0.15) is 0 Å². The van der Waals surface area contributed by atoms with Gasteiger partial charge in [0, 0.05) is 65.8 Å². The van der Waals surface area contributed by atoms with Gasteiger partial charge in [-0.3, -0.25) is 0 Å². The second-order valence-electron chi connectivity index (χ2n) is 16.3. The third-order valence-electron chi connectivity index (χ3n) is 12.8. The van der Waals surface area contributed by atoms with Crippen LogP contribution in [-0.4, -0.2) is 18.3 Å². The highest BCUT2D eigenvalue weighted by atomic mass is 15.0. The highest BCUT2D eigenvalue weighted by Gasteiger charge is 2.23. The second-order valence-corrected chi connectivity index (χ2v) is 16.3. The van der Waals surface area contributed by atoms with Crippen molar-refractivity contribution >= 4 is 87.2 Å². The molecule has 0 aliphatic rings. The Hall–Kier alpha value is -7.82. The summed E-state index contributed by atoms with van der Waals surface area (Å²) < 4.78 is 9.85. The van der Waals surface area contributed by atoms with E-state index in [1.807, 2.05) is 0 Å². The molecule has 0 fully saturated rings. The van der Waals surface area contributed by atoms with Crippen molar-refractivity contribution in [2.45, 2.75) is 13.8 Å². The average molecular weight is 767 g/mol. The predicted molar refractivity (Wildman–Crippen MR) is 253 cm³/mol. The molecule has 282 valence electrons. The van der Waals surface area contributed by atoms with E-state index in [0.717, 1.165) is 22.7 Å². The summed E-state index contributed by atoms with van der Waals surface area (Å²) in [6.45, 7) is 4.36. The summed E-state index contributed by atoms with van der Waals surface area (Å²) in [4.78, 5) is 0. The topological polar surface area (TPSA) is 19.7 Å². The lowest BCUT2D eigenvalue weighted by molar-refractivity contribution is 1.15. The summed E-state index contributed by atoms with van der Waals surface area (Å²) in [7, 11) is 0. The van der Waals surface area contributed by atoms with Crippen molar-refractivity contribution < 1.29 is 0 Å². The van der Waals surface area contributed by atoms with Crippen molar-refractivity contribution in [2.24, 2.45) is 0 Å². The maximum Gasteiger partial charge on any atom is 0.0641 e. The minimum absolute atomic E-state index is 1.14. The first-order valence-corrected chi connectivity index (χ1v) is 20.8. The molecule has 0 aliphatic heterocycles. The lowest BCUT2D eigenvalue weighted by Gasteiger charge is -2.12. The highest BCUT2D eigenvalue weighted by molar-refractivity contribution is 6.26. The van der Waals surface area contributed by atoms with Crippen LogP contribution in [0.25, 0.3) is 110 Å². The Morgan fingerprint density at radius 1 is 0.250 bits per heavy atom. The monoisotopic (exact) mass is 766 g/mol. The van der Waals surface area contributed by atoms with Crippen LogP contribution >= 0.6 is 0 Å². The number of nitrogens with zero attached hydrogens (tertiary/aromatic N) is 4. The molecule has 0 radical (unpaired) electrons. The maximum absolute atomic E-state index is 2.51. The molecule has 0 spiro atoms. The number of fused-ring (bicyclic) bond motifs is 13. The Morgan fingerprint density at radius 2 is 0.650 bits per heavy atom. The fourth-order valence-electron chi connectivity index (χ4n) is 10.3. The van der Waals surface area contributed by atoms with Crippen LogP contribution in [0.4, 0.5) is 0 Å². The quantitative estimate of drug-likeness (QED) is 0.170. The van der Waals surface area contributed by atoms with Crippen LogP contribution in [0.3, 0.4) is 0 Å². The minimum atomic E-state index is 1.14. The van der Waals surface area contributed by atoms with E-state index >= 15 is 0 Å². The predicted octanol–water partition coefficient (Wildman–Crippen LogP) is 14.7. The molecular formula is C56H38N4. The molecule has 4 heterocycles. The normalized spacial score (nSPS) is 12.2. The first-order valence-electron chi connectivity index (χ1n) is 20.8. The van der Waals surface area contributed by atoms with Crippen molar-refractivity contribution in [2.75, 3.05) is 0 Å². The van der Waals surface area contributed by atoms with Gasteiger partial charge in [-0.1, -0.05) is 115 Å². The molecule has 13 rings (SSSR count). The van der Waals surface area contributed by atoms with E-state index in [4.69, 9.17) is 0 Å². The molecule has 9 aromatic carbocycles. The smallest absolute Gasteiger partial charge is 0.0641 e. The second kappa shape index (κ2) is 12.3. The molecule has 60 heavy (non-hydrogen) atoms. The van der Waals surface area contributed by atoms with Gasteiger partial charge in [-0.25, -0.2) is 0 Å². The number of aryl methyl sites for hydroxylation is 2. The Labute approximate surface area is 346 Å². The van der Waals surface area contributed by atoms with Gasteiger partial charge in [-0.05, 0) is 104 Å². The van der Waals surface area contributed by atoms with Gasteiger partial charge in [-0.2, -0.15) is 0 Å². The summed E-state index contributed by atoms with van der Waals surface area (Å²) >= 11 is 0. The number of rotatable bonds is 4. The largest absolute Gasteiger partial charge is 0.309 e. The molecule has 0 amide bonds. The summed E-state index contributed by atoms with van der Waals surface area (Å²) in [5.41, 5.74) is 16.7. The van der Waals surface area contributed by atoms with Crippen molar-refractivity contribution in [3.63, 3.8) is 0 Å². The van der Waals surface area contributed by atoms with Gasteiger partial charge in [0.05, 0.1) is 44.1 Å². The molecule has 0 saturated carbocycles. The Balaban J connectivity index is 1.13. The first kappa shape index (κ1) is 33.2. The maximum atomic E-state index is 2.51. The Kier molecular flexibility index (Phi) is 6.83. The fourth-order valence-corrected chi connectivity index (χ4v) is 10.3. The third-order valence-corrected chi connectivity index (χ3v) is 12.8. The zero-order valence-corrected chi connectivity index (χ0v) is 33.3. The number of para-hydroxylation sites is 4. The van der Waals surface area contributed by atoms with Gasteiger partial charge in [0.15, 0.2) is 0 Å². The highest BCUT2D eigenvalue weighted by Crippen LogP contribution is 2.44. The summed E-state index contributed by atoms with van der Waals surface area (Å²) in [5, 5.41) is 9.99. The van der Waals surface area contributed by atoms with Crippen LogP contribution < -0.4 is 0 Å². The molecule has 0 N–H and O–H groups in total. The van der Waals surface area contributed by atoms with Crippen molar-refractivity contribution in [1.82, 2.24) is 18.3 Å². The van der Waals surface area contributed by atoms with Gasteiger partial charge in [0.2, 0.25) is 0 Å². The zero-order valence-electron chi connectivity index (χ0n) is 33.3. The van der Waals surface area contributed by atoms with Gasteiger partial charge < -0.3 is 18.3 Å². The van der Waals surface area contributed by atoms with E-state index in [0.29, 0.717) is 0 Å². The number of benzene rings is 9. The molecule has 0 atom stereocenters. The van der Waals surface area contributed by atoms with E-state index in [1.54, 1.807) is 0 Å². The summed E-state index contributed by atoms with van der Waals surface area (Å²) in [6.07, 6.45) is 0. The zero-order chi connectivity index (χ0) is 39.6. The molecular weight excluding hydrogens is 729 g/mol. The first-order chi connectivity index (χ1) is 29.6. The van der Waals surface area contributed by atoms with E-state index in [2.05, 4.69) is 226 Å². The molecule has 0 saturated heterocycles. The summed E-state index contributed by atoms with van der Waals surface area (Å²) in [6, 6.07) is 71.8. The van der Waals surface area contributed by atoms with Crippen molar-refractivity contribution in [3.05, 3.63) is 205 Å². The lowest BCUT2D eigenvalue weighted by atomic mass is 10.1. The Morgan fingerprint density at radius 3 is 1.22 bits per heavy atom. The van der Waals surface area contributed by atoms with E-state index in [-0.39, 0.29) is 0 Å². The average Bonchev–Trinajstić information content (AvgIpc) is 4.00. The van der Waals surface area contributed by atoms with Gasteiger partial charge in [-0.15, -0.1) is 0 Å². The van der Waals surface area contributed by atoms with Crippen LogP contribution in [0.5, 0.6) is 0 Å². The number of hydrogen-bond acceptors (Lipinski definition) is 0. The van der Waals surface area contributed by atoms with Crippen molar-refractivity contribution in [3.8, 4) is 22.7 Å². The van der Waals surface area contributed by atoms with Crippen LogP contribution in [-0.2, 0) is 0 Å². The molecule has 13 aromatic rings. The minimum Gasteiger partial charge on any atom is -0.309 e. The van der Waals surface area contributed by atoms with Gasteiger partial charge >= 0.3 is 0 Å². The SMILES string of the molecule is Cc1ccc2c3ccc(-n4c5ccccc5c5c4ccc4c6ccccc6n(-c6ccc7c8ccc(C)cc8n(-c8ccccc8)c7c6)c45)cc3n(-c3ccccc3)c2c1. The molecule has 0 unspecified atom stereocenters. The van der Waals surface area contributed by atoms with E-state index < -0.39 is 0 Å². The molecule has 4 nitrogen and oxygen atoms in total. The molecule has 4 aromatic heterocycles. The fraction of sp³-hybridized carbons (Fsp3) is 0.0357. The number of aromatic nitrogens is 4. The third kappa shape index (κ3) is 4.56. The van der Waals surface area contributed by atoms with Crippen molar-refractivity contribution in [1.29, 1.82) is 0 Å². The van der Waals surface area contributed by atoms with Gasteiger partial charge in [0.25, 0.3) is 0 Å². The summed E-state index contributed by atoms with van der Waals surface area (Å²) in [5.74, 6) is 0. The van der Waals surface area contributed by atoms with Crippen LogP contribution in [0.2, 0.25) is 0 Å². The van der Waals surface area contributed by atoms with E-state index in [1.165, 1.54) is 98.4 Å². The van der Waals surface area contributed by atoms with Crippen LogP contribution in [0, 0.1) is 13.8 Å². The molecule has 0 aliphatic carbocycles. The Bertz CT molecular complexity index is 3890. The van der Waals surface area contributed by atoms with E-state index in [9.17, 15) is 0 Å². The standard InChI is InChI=1S/C56H38N4/c1-35-21-25-42-44-27-23-39(33-53(44)57(51(42)31-35)37-13-5-3-6-14-37)59-49-20-12-10-18-47(49)55-50(59)30-29-46-41-17-9-11-19-48(41)60(56(46)55)40-24-28-45-43-26-22-36(2)32-52(43)58(54(45)34-40)38-15-7-4-8-16-38/h3-34H,1-2H3. The molecule has 4 heteroatoms. The molecule has 0 bridgehead atoms. The van der Waals surface area contributed by atoms with Crippen LogP contribution in [0.15, 0.2) is 194 Å². The number of hydrogen-bond donors (Lipinski definition) is 0.